The normalized spacial score (nSPS) is 22.7. The van der Waals surface area contributed by atoms with Crippen molar-refractivity contribution in [2.24, 2.45) is 17.6 Å². The van der Waals surface area contributed by atoms with Crippen LogP contribution in [0.5, 0.6) is 5.75 Å². The Bertz CT molecular complexity index is 1570. The molecule has 3 aliphatic rings. The van der Waals surface area contributed by atoms with Gasteiger partial charge in [-0.05, 0) is 62.5 Å². The molecule has 1 fully saturated rings. The number of carbonyl (C=O) groups is 4. The first-order valence-electron chi connectivity index (χ1n) is 14.0. The quantitative estimate of drug-likeness (QED) is 0.283. The van der Waals surface area contributed by atoms with Gasteiger partial charge in [-0.3, -0.25) is 19.2 Å². The van der Waals surface area contributed by atoms with Gasteiger partial charge in [0.2, 0.25) is 11.7 Å². The summed E-state index contributed by atoms with van der Waals surface area (Å²) in [4.78, 5) is 50.0. The molecule has 43 heavy (non-hydrogen) atoms. The maximum absolute atomic E-state index is 13.5. The number of phenolic OH excluding ortho intramolecular Hbond substituents is 1. The minimum atomic E-state index is -2.56. The molecule has 5 rings (SSSR count). The zero-order chi connectivity index (χ0) is 31.8. The summed E-state index contributed by atoms with van der Waals surface area (Å²) in [6, 6.07) is 10.9. The number of aromatic hydroxyl groups is 1. The van der Waals surface area contributed by atoms with Crippen LogP contribution in [0.25, 0.3) is 16.9 Å². The Labute approximate surface area is 249 Å². The lowest BCUT2D eigenvalue weighted by Crippen LogP contribution is -2.58. The summed E-state index contributed by atoms with van der Waals surface area (Å²) < 4.78 is 0. The molecule has 1 saturated carbocycles. The van der Waals surface area contributed by atoms with Gasteiger partial charge in [-0.15, -0.1) is 0 Å². The Kier molecular flexibility index (Phi) is 8.79. The molecule has 2 aromatic carbocycles. The van der Waals surface area contributed by atoms with E-state index in [1.165, 1.54) is 13.0 Å². The van der Waals surface area contributed by atoms with Gasteiger partial charge in [0, 0.05) is 37.9 Å². The third-order valence-electron chi connectivity index (χ3n) is 8.21. The summed E-state index contributed by atoms with van der Waals surface area (Å²) in [6.45, 7) is 5.12. The molecule has 0 spiro atoms. The van der Waals surface area contributed by atoms with Crippen LogP contribution in [0.2, 0.25) is 0 Å². The van der Waals surface area contributed by atoms with E-state index in [2.05, 4.69) is 5.32 Å². The number of benzene rings is 2. The Balaban J connectivity index is 0.000000410. The maximum Gasteiger partial charge on any atom is 0.255 e. The molecule has 0 bridgehead atoms. The van der Waals surface area contributed by atoms with Crippen LogP contribution in [0.4, 0.5) is 0 Å². The van der Waals surface area contributed by atoms with Crippen molar-refractivity contribution in [3.63, 3.8) is 0 Å². The van der Waals surface area contributed by atoms with Gasteiger partial charge in [0.05, 0.1) is 5.56 Å². The number of likely N-dealkylation sites (N-methyl/N-ethyl adjacent to an activating group) is 1. The van der Waals surface area contributed by atoms with Crippen LogP contribution in [-0.4, -0.2) is 81.5 Å². The van der Waals surface area contributed by atoms with E-state index in [9.17, 15) is 39.6 Å². The van der Waals surface area contributed by atoms with Crippen molar-refractivity contribution in [2.45, 2.75) is 38.7 Å². The van der Waals surface area contributed by atoms with Crippen molar-refractivity contribution >= 4 is 29.1 Å². The molecule has 11 nitrogen and oxygen atoms in total. The second-order valence-corrected chi connectivity index (χ2v) is 11.5. The van der Waals surface area contributed by atoms with Crippen molar-refractivity contribution in [3.05, 3.63) is 70.0 Å². The van der Waals surface area contributed by atoms with Gasteiger partial charge in [0.1, 0.15) is 22.8 Å². The number of Topliss-reactive ketones (excluding diaryl/α,β-unsaturated/α-hetero) is 2. The molecule has 228 valence electrons. The summed E-state index contributed by atoms with van der Waals surface area (Å²) in [6.07, 6.45) is 0.0324. The number of nitrogens with one attached hydrogen (secondary N) is 1. The molecule has 0 radical (unpaired) electrons. The summed E-state index contributed by atoms with van der Waals surface area (Å²) in [5.41, 5.74) is 5.14. The fourth-order valence-electron chi connectivity index (χ4n) is 6.16. The molecule has 0 aliphatic heterocycles. The zero-order valence-electron chi connectivity index (χ0n) is 24.6. The van der Waals surface area contributed by atoms with Gasteiger partial charge in [-0.1, -0.05) is 35.9 Å². The lowest BCUT2D eigenvalue weighted by atomic mass is 9.59. The first-order valence-corrected chi connectivity index (χ1v) is 14.0. The van der Waals surface area contributed by atoms with E-state index in [-0.39, 0.29) is 42.1 Å². The molecule has 0 aromatic heterocycles. The number of fused-ring (bicyclic) bond motifs is 3. The van der Waals surface area contributed by atoms with Crippen molar-refractivity contribution in [1.82, 2.24) is 10.2 Å². The van der Waals surface area contributed by atoms with Gasteiger partial charge in [0.15, 0.2) is 11.4 Å². The molecular weight excluding hydrogens is 554 g/mol. The smallest absolute Gasteiger partial charge is 0.255 e. The van der Waals surface area contributed by atoms with Crippen LogP contribution in [0, 0.1) is 18.8 Å². The van der Waals surface area contributed by atoms with Gasteiger partial charge < -0.3 is 36.4 Å². The number of aryl methyl sites for hydroxylation is 1. The summed E-state index contributed by atoms with van der Waals surface area (Å²) >= 11 is 0. The fourth-order valence-corrected chi connectivity index (χ4v) is 6.16. The number of hydrogen-bond acceptors (Lipinski definition) is 9. The lowest BCUT2D eigenvalue weighted by molar-refractivity contribution is -0.147. The minimum Gasteiger partial charge on any atom is -0.508 e. The maximum atomic E-state index is 13.5. The number of phenols is 1. The van der Waals surface area contributed by atoms with Crippen LogP contribution < -0.4 is 11.1 Å². The van der Waals surface area contributed by atoms with Crippen molar-refractivity contribution in [2.75, 3.05) is 27.2 Å². The zero-order valence-corrected chi connectivity index (χ0v) is 24.6. The van der Waals surface area contributed by atoms with Crippen LogP contribution in [0.3, 0.4) is 0 Å². The summed E-state index contributed by atoms with van der Waals surface area (Å²) in [7, 11) is 3.95. The molecule has 3 atom stereocenters. The van der Waals surface area contributed by atoms with Crippen LogP contribution in [-0.2, 0) is 25.6 Å². The van der Waals surface area contributed by atoms with Gasteiger partial charge >= 0.3 is 0 Å². The fraction of sp³-hybridized carbons (Fsp3) is 0.375. The number of nitrogens with two attached hydrogens (primary N) is 1. The van der Waals surface area contributed by atoms with E-state index in [1.54, 1.807) is 6.07 Å². The second kappa shape index (κ2) is 12.0. The summed E-state index contributed by atoms with van der Waals surface area (Å²) in [5.74, 6) is -6.28. The predicted octanol–water partition coefficient (Wildman–Crippen LogP) is 2.08. The highest BCUT2D eigenvalue weighted by Crippen LogP contribution is 2.53. The standard InChI is InChI=1S/C26H23NO7.C6H14N2O/c1-11-3-2-4-12(7-11)15-5-6-17(28)20-16(15)9-13-8-14-10-18(29)21(25(27)33)24(32)26(14,34)23(31)19(13)22(20)30;1-6(9)7-4-5-8(2)3/h2-7,13-14,28,30,32,34H,8-10H2,1H3,(H2,27,33);4-5H2,1-3H3,(H,7,9)/t13-,14+,26+;/m1./s1. The Morgan fingerprint density at radius 2 is 1.79 bits per heavy atom. The SMILES string of the molecule is CC(=O)NCCN(C)C.Cc1cccc(-c2ccc(O)c3c2C[C@H]2C[C@H]4CC(=O)C(C(N)=O)=C(O)[C@@]4(O)C(=O)C2=C3O)c1. The predicted molar refractivity (Wildman–Crippen MR) is 159 cm³/mol. The van der Waals surface area contributed by atoms with Crippen molar-refractivity contribution in [1.29, 1.82) is 0 Å². The number of ketones is 2. The third-order valence-corrected chi connectivity index (χ3v) is 8.21. The van der Waals surface area contributed by atoms with E-state index >= 15 is 0 Å². The Hall–Kier alpha value is -4.48. The molecule has 7 N–H and O–H groups in total. The van der Waals surface area contributed by atoms with Gasteiger partial charge in [-0.25, -0.2) is 0 Å². The van der Waals surface area contributed by atoms with Gasteiger partial charge in [0.25, 0.3) is 5.91 Å². The van der Waals surface area contributed by atoms with Crippen molar-refractivity contribution in [3.8, 4) is 16.9 Å². The molecule has 11 heteroatoms. The number of aliphatic hydroxyl groups excluding tert-OH is 2. The number of nitrogens with zero attached hydrogens (tertiary/aromatic N) is 1. The number of rotatable bonds is 5. The van der Waals surface area contributed by atoms with E-state index < -0.39 is 52.0 Å². The first-order chi connectivity index (χ1) is 20.2. The minimum absolute atomic E-state index is 0.0388. The van der Waals surface area contributed by atoms with E-state index in [4.69, 9.17) is 5.73 Å². The average molecular weight is 592 g/mol. The molecule has 2 amide bonds. The van der Waals surface area contributed by atoms with E-state index in [0.717, 1.165) is 29.8 Å². The highest BCUT2D eigenvalue weighted by Gasteiger charge is 2.60. The van der Waals surface area contributed by atoms with Crippen LogP contribution in [0.15, 0.2) is 53.3 Å². The third kappa shape index (κ3) is 5.78. The highest BCUT2D eigenvalue weighted by molar-refractivity contribution is 6.22. The Morgan fingerprint density at radius 3 is 2.40 bits per heavy atom. The molecule has 3 aliphatic carbocycles. The average Bonchev–Trinajstić information content (AvgIpc) is 2.90. The summed E-state index contributed by atoms with van der Waals surface area (Å²) in [5, 5.41) is 46.4. The number of carbonyl (C=O) groups excluding carboxylic acids is 4. The number of hydrogen-bond donors (Lipinski definition) is 6. The number of primary amides is 1. The monoisotopic (exact) mass is 591 g/mol. The van der Waals surface area contributed by atoms with E-state index in [0.29, 0.717) is 5.56 Å². The number of aliphatic hydroxyl groups is 3. The van der Waals surface area contributed by atoms with Crippen LogP contribution in [0.1, 0.15) is 36.5 Å². The number of amides is 2. The molecule has 2 aromatic rings. The lowest BCUT2D eigenvalue weighted by Gasteiger charge is -2.46. The second-order valence-electron chi connectivity index (χ2n) is 11.5. The molecule has 0 heterocycles. The largest absolute Gasteiger partial charge is 0.508 e. The van der Waals surface area contributed by atoms with E-state index in [1.807, 2.05) is 50.2 Å². The molecular formula is C32H37N3O8. The Morgan fingerprint density at radius 1 is 1.09 bits per heavy atom. The molecule has 0 saturated heterocycles. The van der Waals surface area contributed by atoms with Gasteiger partial charge in [-0.2, -0.15) is 0 Å². The topological polar surface area (TPSA) is 190 Å². The first kappa shape index (κ1) is 31.5. The molecule has 0 unspecified atom stereocenters. The highest BCUT2D eigenvalue weighted by atomic mass is 16.3. The van der Waals surface area contributed by atoms with Crippen molar-refractivity contribution < 1.29 is 39.6 Å². The van der Waals surface area contributed by atoms with Crippen LogP contribution >= 0.6 is 0 Å².